The summed E-state index contributed by atoms with van der Waals surface area (Å²) in [4.78, 5) is 0. The fourth-order valence-electron chi connectivity index (χ4n) is 2.23. The van der Waals surface area contributed by atoms with Gasteiger partial charge in [-0.2, -0.15) is 13.2 Å². The molecule has 3 nitrogen and oxygen atoms in total. The highest BCUT2D eigenvalue weighted by Gasteiger charge is 2.34. The third kappa shape index (κ3) is 4.81. The maximum absolute atomic E-state index is 13.1. The molecule has 0 aromatic heterocycles. The van der Waals surface area contributed by atoms with Crippen molar-refractivity contribution in [3.63, 3.8) is 0 Å². The van der Waals surface area contributed by atoms with E-state index in [1.807, 2.05) is 0 Å². The SMILES string of the molecule is Cl.OC1CNCC1CNCc1ccc(F)c(C(F)(F)F)c1. The van der Waals surface area contributed by atoms with Crippen molar-refractivity contribution in [1.82, 2.24) is 10.6 Å². The van der Waals surface area contributed by atoms with Gasteiger partial charge in [-0.3, -0.25) is 0 Å². The lowest BCUT2D eigenvalue weighted by atomic mass is 10.1. The van der Waals surface area contributed by atoms with Crippen LogP contribution in [0, 0.1) is 11.7 Å². The van der Waals surface area contributed by atoms with Crippen molar-refractivity contribution in [2.75, 3.05) is 19.6 Å². The zero-order valence-electron chi connectivity index (χ0n) is 11.1. The van der Waals surface area contributed by atoms with Gasteiger partial charge in [0, 0.05) is 32.1 Å². The van der Waals surface area contributed by atoms with Gasteiger partial charge in [0.15, 0.2) is 0 Å². The third-order valence-corrected chi connectivity index (χ3v) is 3.38. The van der Waals surface area contributed by atoms with Crippen LogP contribution in [0.1, 0.15) is 11.1 Å². The molecule has 8 heteroatoms. The highest BCUT2D eigenvalue weighted by atomic mass is 35.5. The van der Waals surface area contributed by atoms with E-state index in [0.29, 0.717) is 25.2 Å². The molecule has 1 aliphatic heterocycles. The van der Waals surface area contributed by atoms with E-state index in [9.17, 15) is 22.7 Å². The van der Waals surface area contributed by atoms with Gasteiger partial charge in [-0.25, -0.2) is 4.39 Å². The summed E-state index contributed by atoms with van der Waals surface area (Å²) in [6.07, 6.45) is -5.13. The fourth-order valence-corrected chi connectivity index (χ4v) is 2.23. The van der Waals surface area contributed by atoms with Gasteiger partial charge >= 0.3 is 6.18 Å². The second-order valence-corrected chi connectivity index (χ2v) is 4.93. The number of rotatable bonds is 4. The minimum Gasteiger partial charge on any atom is -0.391 e. The van der Waals surface area contributed by atoms with Crippen LogP contribution in [0.3, 0.4) is 0 Å². The quantitative estimate of drug-likeness (QED) is 0.740. The van der Waals surface area contributed by atoms with Crippen LogP contribution in [0.2, 0.25) is 0 Å². The summed E-state index contributed by atoms with van der Waals surface area (Å²) in [5.41, 5.74) is -0.890. The zero-order valence-corrected chi connectivity index (χ0v) is 11.9. The number of halogens is 5. The molecule has 0 radical (unpaired) electrons. The summed E-state index contributed by atoms with van der Waals surface area (Å²) in [6, 6.07) is 2.96. The van der Waals surface area contributed by atoms with E-state index < -0.39 is 23.7 Å². The highest BCUT2D eigenvalue weighted by molar-refractivity contribution is 5.85. The molecule has 21 heavy (non-hydrogen) atoms. The van der Waals surface area contributed by atoms with E-state index in [2.05, 4.69) is 10.6 Å². The Morgan fingerprint density at radius 3 is 2.57 bits per heavy atom. The molecule has 0 aliphatic carbocycles. The minimum atomic E-state index is -4.69. The molecule has 0 saturated carbocycles. The molecule has 1 aromatic carbocycles. The number of alkyl halides is 3. The van der Waals surface area contributed by atoms with Gasteiger partial charge in [0.25, 0.3) is 0 Å². The molecule has 0 bridgehead atoms. The second-order valence-electron chi connectivity index (χ2n) is 4.93. The molecule has 2 rings (SSSR count). The second kappa shape index (κ2) is 7.40. The van der Waals surface area contributed by atoms with E-state index in [1.165, 1.54) is 6.07 Å². The van der Waals surface area contributed by atoms with Crippen molar-refractivity contribution >= 4 is 12.4 Å². The Hall–Kier alpha value is -0.890. The minimum absolute atomic E-state index is 0. The molecule has 1 aliphatic rings. The highest BCUT2D eigenvalue weighted by Crippen LogP contribution is 2.31. The third-order valence-electron chi connectivity index (χ3n) is 3.38. The lowest BCUT2D eigenvalue weighted by molar-refractivity contribution is -0.140. The van der Waals surface area contributed by atoms with E-state index in [0.717, 1.165) is 12.1 Å². The Morgan fingerprint density at radius 1 is 1.29 bits per heavy atom. The molecule has 120 valence electrons. The number of aliphatic hydroxyl groups excluding tert-OH is 1. The summed E-state index contributed by atoms with van der Waals surface area (Å²) in [6.45, 7) is 1.89. The van der Waals surface area contributed by atoms with Crippen LogP contribution in [0.4, 0.5) is 17.6 Å². The van der Waals surface area contributed by atoms with Crippen molar-refractivity contribution in [2.24, 2.45) is 5.92 Å². The molecule has 0 amide bonds. The Bertz CT molecular complexity index is 470. The Kier molecular flexibility index (Phi) is 6.40. The van der Waals surface area contributed by atoms with Crippen molar-refractivity contribution in [3.8, 4) is 0 Å². The Labute approximate surface area is 126 Å². The van der Waals surface area contributed by atoms with Crippen LogP contribution >= 0.6 is 12.4 Å². The normalized spacial score (nSPS) is 22.1. The summed E-state index contributed by atoms with van der Waals surface area (Å²) >= 11 is 0. The summed E-state index contributed by atoms with van der Waals surface area (Å²) in [7, 11) is 0. The number of β-amino-alcohol motifs (C(OH)–C–C–N with tert-alkyl or cyclic N) is 1. The van der Waals surface area contributed by atoms with Gasteiger partial charge in [-0.15, -0.1) is 12.4 Å². The zero-order chi connectivity index (χ0) is 14.8. The molecule has 2 unspecified atom stereocenters. The van der Waals surface area contributed by atoms with Crippen molar-refractivity contribution in [3.05, 3.63) is 35.1 Å². The largest absolute Gasteiger partial charge is 0.419 e. The molecule has 0 spiro atoms. The van der Waals surface area contributed by atoms with Crippen molar-refractivity contribution in [1.29, 1.82) is 0 Å². The van der Waals surface area contributed by atoms with Crippen LogP contribution < -0.4 is 10.6 Å². The maximum Gasteiger partial charge on any atom is 0.419 e. The Morgan fingerprint density at radius 2 is 2.00 bits per heavy atom. The number of hydrogen-bond donors (Lipinski definition) is 3. The van der Waals surface area contributed by atoms with Gasteiger partial charge < -0.3 is 15.7 Å². The van der Waals surface area contributed by atoms with E-state index in [1.54, 1.807) is 0 Å². The molecule has 1 saturated heterocycles. The number of nitrogens with one attached hydrogen (secondary N) is 2. The number of aliphatic hydroxyl groups is 1. The Balaban J connectivity index is 0.00000220. The molecule has 1 heterocycles. The maximum atomic E-state index is 13.1. The van der Waals surface area contributed by atoms with Gasteiger partial charge in [0.1, 0.15) is 5.82 Å². The van der Waals surface area contributed by atoms with Crippen LogP contribution in [-0.2, 0) is 12.7 Å². The predicted molar refractivity (Wildman–Crippen MR) is 72.7 cm³/mol. The van der Waals surface area contributed by atoms with Gasteiger partial charge in [0.05, 0.1) is 11.7 Å². The number of benzene rings is 1. The first kappa shape index (κ1) is 18.2. The van der Waals surface area contributed by atoms with Gasteiger partial charge in [-0.1, -0.05) is 6.07 Å². The molecular weight excluding hydrogens is 312 g/mol. The van der Waals surface area contributed by atoms with E-state index in [4.69, 9.17) is 0 Å². The molecule has 2 atom stereocenters. The van der Waals surface area contributed by atoms with Crippen molar-refractivity contribution < 1.29 is 22.7 Å². The first-order valence-corrected chi connectivity index (χ1v) is 6.33. The fraction of sp³-hybridized carbons (Fsp3) is 0.538. The van der Waals surface area contributed by atoms with Crippen molar-refractivity contribution in [2.45, 2.75) is 18.8 Å². The lowest BCUT2D eigenvalue weighted by Gasteiger charge is -2.15. The van der Waals surface area contributed by atoms with Crippen LogP contribution in [0.25, 0.3) is 0 Å². The number of hydrogen-bond acceptors (Lipinski definition) is 3. The standard InChI is InChI=1S/C13H16F4N2O.ClH/c14-11-2-1-8(3-10(11)13(15,16)17)4-18-5-9-6-19-7-12(9)20;/h1-3,9,12,18-20H,4-7H2;1H. The summed E-state index contributed by atoms with van der Waals surface area (Å²) in [5.74, 6) is -1.23. The van der Waals surface area contributed by atoms with Gasteiger partial charge in [0.2, 0.25) is 0 Å². The topological polar surface area (TPSA) is 44.3 Å². The first-order chi connectivity index (χ1) is 9.38. The van der Waals surface area contributed by atoms with E-state index >= 15 is 0 Å². The lowest BCUT2D eigenvalue weighted by Crippen LogP contribution is -2.30. The molecule has 1 aromatic rings. The average molecular weight is 329 g/mol. The molecule has 1 fully saturated rings. The average Bonchev–Trinajstić information content (AvgIpc) is 2.76. The van der Waals surface area contributed by atoms with Crippen LogP contribution in [0.15, 0.2) is 18.2 Å². The van der Waals surface area contributed by atoms with Crippen LogP contribution in [0.5, 0.6) is 0 Å². The summed E-state index contributed by atoms with van der Waals surface area (Å²) < 4.78 is 50.7. The predicted octanol–water partition coefficient (Wildman–Crippen LogP) is 1.94. The van der Waals surface area contributed by atoms with Crippen LogP contribution in [-0.4, -0.2) is 30.8 Å². The summed E-state index contributed by atoms with van der Waals surface area (Å²) in [5, 5.41) is 15.6. The molecule has 3 N–H and O–H groups in total. The first-order valence-electron chi connectivity index (χ1n) is 6.33. The van der Waals surface area contributed by atoms with Gasteiger partial charge in [-0.05, 0) is 17.7 Å². The monoisotopic (exact) mass is 328 g/mol. The molecular formula is C13H17ClF4N2O. The smallest absolute Gasteiger partial charge is 0.391 e. The van der Waals surface area contributed by atoms with E-state index in [-0.39, 0.29) is 24.9 Å².